The molecule has 6 rings (SSSR count). The first-order valence-electron chi connectivity index (χ1n) is 16.0. The highest BCUT2D eigenvalue weighted by Crippen LogP contribution is 2.65. The van der Waals surface area contributed by atoms with Crippen LogP contribution in [-0.2, 0) is 19.1 Å². The Labute approximate surface area is 264 Å². The van der Waals surface area contributed by atoms with E-state index in [2.05, 4.69) is 10.6 Å². The van der Waals surface area contributed by atoms with Crippen LogP contribution in [0.2, 0.25) is 0 Å². The van der Waals surface area contributed by atoms with Gasteiger partial charge in [-0.3, -0.25) is 14.4 Å². The lowest BCUT2D eigenvalue weighted by Crippen LogP contribution is -2.57. The molecule has 3 aliphatic heterocycles. The van der Waals surface area contributed by atoms with Crippen LogP contribution in [0.3, 0.4) is 0 Å². The number of carbonyl (C=O) groups excluding carboxylic acids is 3. The Morgan fingerprint density at radius 3 is 2.36 bits per heavy atom. The Hall–Kier alpha value is -3.95. The molecule has 1 spiro atoms. The number of rotatable bonds is 10. The maximum atomic E-state index is 14.6. The first kappa shape index (κ1) is 31.0. The first-order valence-corrected chi connectivity index (χ1v) is 16.0. The summed E-state index contributed by atoms with van der Waals surface area (Å²) in [5.41, 5.74) is -1.01. The van der Waals surface area contributed by atoms with Gasteiger partial charge in [0, 0.05) is 11.4 Å². The summed E-state index contributed by atoms with van der Waals surface area (Å²) in [6, 6.07) is 19.1. The Kier molecular flexibility index (Phi) is 8.12. The van der Waals surface area contributed by atoms with Crippen LogP contribution >= 0.6 is 0 Å². The molecule has 3 aliphatic rings. The fraction of sp³-hybridized carbons (Fsp3) is 0.472. The number of fused-ring (bicyclic) bond motifs is 2. The van der Waals surface area contributed by atoms with Crippen molar-refractivity contribution in [2.45, 2.75) is 70.7 Å². The summed E-state index contributed by atoms with van der Waals surface area (Å²) >= 11 is 0. The zero-order valence-electron chi connectivity index (χ0n) is 26.6. The molecular weight excluding hydrogens is 570 g/mol. The lowest BCUT2D eigenvalue weighted by molar-refractivity contribution is -0.149. The summed E-state index contributed by atoms with van der Waals surface area (Å²) in [5, 5.41) is 18.7. The predicted octanol–water partition coefficient (Wildman–Crippen LogP) is 5.23. The molecule has 3 saturated heterocycles. The molecule has 9 nitrogen and oxygen atoms in total. The number of likely N-dealkylation sites (tertiary alicyclic amines) is 1. The Bertz CT molecular complexity index is 1610. The minimum absolute atomic E-state index is 0.0912. The van der Waals surface area contributed by atoms with Gasteiger partial charge in [-0.15, -0.1) is 0 Å². The molecule has 9 heteroatoms. The highest BCUT2D eigenvalue weighted by atomic mass is 16.5. The van der Waals surface area contributed by atoms with E-state index in [9.17, 15) is 19.5 Å². The summed E-state index contributed by atoms with van der Waals surface area (Å²) in [7, 11) is 0. The van der Waals surface area contributed by atoms with E-state index >= 15 is 0 Å². The third-order valence-corrected chi connectivity index (χ3v) is 10.6. The van der Waals surface area contributed by atoms with Crippen molar-refractivity contribution in [2.24, 2.45) is 23.7 Å². The molecule has 0 radical (unpaired) electrons. The standard InChI is InChI=1S/C36H43N3O6/c1-6-21(3)28(20-40)39-31(33(42)38-26-13-12-23-10-8-9-11-24(23)18-26)36-19-22(4)35(5,45-36)29(30(36)34(39)43)32(41)37-25-14-16-27(17-15-25)44-7-2/h8-18,21-22,28-31,40H,6-7,19-20H2,1-5H3,(H,37,41)(H,38,42)/t21-,22?,28-,29-,30-,31?,35+,36?/m0/s1. The van der Waals surface area contributed by atoms with Crippen molar-refractivity contribution >= 4 is 39.9 Å². The number of nitrogens with zero attached hydrogens (tertiary/aromatic N) is 1. The van der Waals surface area contributed by atoms with E-state index in [0.29, 0.717) is 36.6 Å². The number of carbonyl (C=O) groups is 3. The van der Waals surface area contributed by atoms with E-state index < -0.39 is 35.1 Å². The van der Waals surface area contributed by atoms with Gasteiger partial charge >= 0.3 is 0 Å². The topological polar surface area (TPSA) is 117 Å². The van der Waals surface area contributed by atoms with Gasteiger partial charge in [0.05, 0.1) is 36.7 Å². The molecule has 238 valence electrons. The van der Waals surface area contributed by atoms with Crippen LogP contribution in [0.5, 0.6) is 5.75 Å². The molecule has 3 aromatic carbocycles. The van der Waals surface area contributed by atoms with E-state index in [4.69, 9.17) is 9.47 Å². The molecule has 0 saturated carbocycles. The fourth-order valence-electron chi connectivity index (χ4n) is 8.05. The van der Waals surface area contributed by atoms with Crippen LogP contribution in [0.4, 0.5) is 11.4 Å². The predicted molar refractivity (Wildman–Crippen MR) is 173 cm³/mol. The molecule has 0 aromatic heterocycles. The molecule has 8 atom stereocenters. The number of anilines is 2. The van der Waals surface area contributed by atoms with E-state index in [1.165, 1.54) is 0 Å². The quantitative estimate of drug-likeness (QED) is 0.288. The average Bonchev–Trinajstić information content (AvgIpc) is 3.55. The summed E-state index contributed by atoms with van der Waals surface area (Å²) in [5.74, 6) is -2.25. The van der Waals surface area contributed by atoms with Crippen LogP contribution < -0.4 is 15.4 Å². The van der Waals surface area contributed by atoms with E-state index in [-0.39, 0.29) is 36.2 Å². The van der Waals surface area contributed by atoms with Crippen molar-refractivity contribution in [3.05, 3.63) is 66.7 Å². The molecular formula is C36H43N3O6. The van der Waals surface area contributed by atoms with Crippen molar-refractivity contribution in [3.8, 4) is 5.75 Å². The summed E-state index contributed by atoms with van der Waals surface area (Å²) in [6.45, 7) is 10.0. The third kappa shape index (κ3) is 4.97. The van der Waals surface area contributed by atoms with Gasteiger partial charge in [-0.2, -0.15) is 0 Å². The van der Waals surface area contributed by atoms with Crippen LogP contribution in [0.1, 0.15) is 47.5 Å². The Balaban J connectivity index is 1.38. The number of aliphatic hydroxyl groups is 1. The summed E-state index contributed by atoms with van der Waals surface area (Å²) in [4.78, 5) is 44.8. The smallest absolute Gasteiger partial charge is 0.250 e. The van der Waals surface area contributed by atoms with Gasteiger partial charge in [0.15, 0.2) is 0 Å². The second-order valence-electron chi connectivity index (χ2n) is 13.1. The third-order valence-electron chi connectivity index (χ3n) is 10.6. The van der Waals surface area contributed by atoms with Crippen molar-refractivity contribution in [1.82, 2.24) is 4.90 Å². The molecule has 3 N–H and O–H groups in total. The normalized spacial score (nSPS) is 29.8. The lowest BCUT2D eigenvalue weighted by atomic mass is 9.62. The van der Waals surface area contributed by atoms with Crippen LogP contribution in [0.25, 0.3) is 10.8 Å². The molecule has 3 heterocycles. The lowest BCUT2D eigenvalue weighted by Gasteiger charge is -2.39. The monoisotopic (exact) mass is 613 g/mol. The summed E-state index contributed by atoms with van der Waals surface area (Å²) in [6.07, 6.45) is 1.14. The highest BCUT2D eigenvalue weighted by Gasteiger charge is 2.80. The number of hydrogen-bond acceptors (Lipinski definition) is 6. The van der Waals surface area contributed by atoms with Crippen molar-refractivity contribution < 1.29 is 29.0 Å². The number of ether oxygens (including phenoxy) is 2. The number of aliphatic hydroxyl groups excluding tert-OH is 1. The van der Waals surface area contributed by atoms with Gasteiger partial charge in [0.1, 0.15) is 17.4 Å². The van der Waals surface area contributed by atoms with Crippen LogP contribution in [0, 0.1) is 23.7 Å². The fourth-order valence-corrected chi connectivity index (χ4v) is 8.05. The van der Waals surface area contributed by atoms with Crippen LogP contribution in [0.15, 0.2) is 66.7 Å². The van der Waals surface area contributed by atoms with Gasteiger partial charge in [-0.05, 0) is 79.3 Å². The van der Waals surface area contributed by atoms with Gasteiger partial charge in [-0.25, -0.2) is 0 Å². The minimum atomic E-state index is -1.23. The molecule has 0 aliphatic carbocycles. The van der Waals surface area contributed by atoms with Gasteiger partial charge < -0.3 is 30.1 Å². The molecule has 3 amide bonds. The number of amides is 3. The maximum Gasteiger partial charge on any atom is 0.250 e. The first-order chi connectivity index (χ1) is 21.6. The van der Waals surface area contributed by atoms with Gasteiger partial charge in [-0.1, -0.05) is 57.5 Å². The van der Waals surface area contributed by atoms with Crippen molar-refractivity contribution in [1.29, 1.82) is 0 Å². The number of nitrogens with one attached hydrogen (secondary N) is 2. The highest BCUT2D eigenvalue weighted by molar-refractivity contribution is 6.06. The van der Waals surface area contributed by atoms with Crippen LogP contribution in [-0.4, -0.2) is 64.2 Å². The molecule has 3 aromatic rings. The zero-order valence-corrected chi connectivity index (χ0v) is 26.6. The Morgan fingerprint density at radius 1 is 1.02 bits per heavy atom. The summed E-state index contributed by atoms with van der Waals surface area (Å²) < 4.78 is 12.4. The molecule has 2 bridgehead atoms. The Morgan fingerprint density at radius 2 is 1.69 bits per heavy atom. The maximum absolute atomic E-state index is 14.6. The zero-order chi connectivity index (χ0) is 32.1. The second-order valence-corrected chi connectivity index (χ2v) is 13.1. The number of hydrogen-bond donors (Lipinski definition) is 3. The SMILES string of the molecule is CCOc1ccc(NC(=O)[C@@H]2[C@H]3C(=O)N([C@@H](CO)[C@@H](C)CC)C(C(=O)Nc4ccc5ccccc5c4)C34CC(C)[C@@]2(C)O4)cc1. The minimum Gasteiger partial charge on any atom is -0.494 e. The second kappa shape index (κ2) is 11.8. The molecule has 3 fully saturated rings. The molecule has 45 heavy (non-hydrogen) atoms. The van der Waals surface area contributed by atoms with Crippen molar-refractivity contribution in [3.63, 3.8) is 0 Å². The number of benzene rings is 3. The average molecular weight is 614 g/mol. The van der Waals surface area contributed by atoms with E-state index in [1.807, 2.05) is 77.1 Å². The van der Waals surface area contributed by atoms with E-state index in [0.717, 1.165) is 10.8 Å². The van der Waals surface area contributed by atoms with Gasteiger partial charge in [0.2, 0.25) is 17.7 Å². The van der Waals surface area contributed by atoms with Gasteiger partial charge in [0.25, 0.3) is 0 Å². The van der Waals surface area contributed by atoms with E-state index in [1.54, 1.807) is 29.2 Å². The largest absolute Gasteiger partial charge is 0.494 e. The van der Waals surface area contributed by atoms with Crippen molar-refractivity contribution in [2.75, 3.05) is 23.8 Å². The molecule has 3 unspecified atom stereocenters.